The van der Waals surface area contributed by atoms with Crippen LogP contribution in [0.2, 0.25) is 9.36 Å². The van der Waals surface area contributed by atoms with E-state index < -0.39 is 0 Å². The smallest absolute Gasteiger partial charge is 0.0931 e. The summed E-state index contributed by atoms with van der Waals surface area (Å²) in [5, 5.41) is 4.76. The van der Waals surface area contributed by atoms with Gasteiger partial charge in [-0.3, -0.25) is 4.68 Å². The molecule has 0 saturated carbocycles. The first kappa shape index (κ1) is 11.9. The molecule has 2 aromatic heterocycles. The molecule has 86 valence electrons. The Kier molecular flexibility index (Phi) is 3.54. The van der Waals surface area contributed by atoms with Crippen molar-refractivity contribution in [2.45, 2.75) is 19.5 Å². The van der Waals surface area contributed by atoms with Gasteiger partial charge < -0.3 is 5.73 Å². The highest BCUT2D eigenvalue weighted by atomic mass is 35.5. The second-order valence-electron chi connectivity index (χ2n) is 3.31. The zero-order chi connectivity index (χ0) is 11.7. The molecule has 0 saturated heterocycles. The van der Waals surface area contributed by atoms with Gasteiger partial charge >= 0.3 is 0 Å². The number of nitrogens with two attached hydrogens (primary N) is 1. The first-order chi connectivity index (χ1) is 7.63. The van der Waals surface area contributed by atoms with Gasteiger partial charge in [0.15, 0.2) is 0 Å². The van der Waals surface area contributed by atoms with E-state index in [2.05, 4.69) is 5.10 Å². The van der Waals surface area contributed by atoms with Gasteiger partial charge in [-0.05, 0) is 19.1 Å². The minimum absolute atomic E-state index is 0.271. The maximum absolute atomic E-state index is 6.16. The number of hydrogen-bond donors (Lipinski definition) is 1. The molecule has 1 atom stereocenters. The average Bonchev–Trinajstić information content (AvgIpc) is 2.83. The van der Waals surface area contributed by atoms with Gasteiger partial charge in [0.05, 0.1) is 27.3 Å². The number of rotatable bonds is 3. The molecule has 2 heterocycles. The van der Waals surface area contributed by atoms with Gasteiger partial charge in [-0.15, -0.1) is 11.3 Å². The van der Waals surface area contributed by atoms with E-state index in [0.717, 1.165) is 21.5 Å². The molecule has 0 aromatic carbocycles. The topological polar surface area (TPSA) is 43.8 Å². The fraction of sp³-hybridized carbons (Fsp3) is 0.300. The first-order valence-electron chi connectivity index (χ1n) is 4.85. The van der Waals surface area contributed by atoms with Gasteiger partial charge in [0.1, 0.15) is 0 Å². The summed E-state index contributed by atoms with van der Waals surface area (Å²) in [4.78, 5) is 0.988. The van der Waals surface area contributed by atoms with Crippen molar-refractivity contribution in [3.8, 4) is 0 Å². The normalized spacial score (nSPS) is 13.0. The standard InChI is InChI=1S/C10H11Cl2N3S/c1-2-15-10(6(11)5-14-15)9(13)7-3-4-8(12)16-7/h3-5,9H,2,13H2,1H3. The van der Waals surface area contributed by atoms with Crippen molar-refractivity contribution < 1.29 is 0 Å². The number of aromatic nitrogens is 2. The molecule has 2 rings (SSSR count). The van der Waals surface area contributed by atoms with Crippen LogP contribution in [0.3, 0.4) is 0 Å². The molecule has 0 aliphatic carbocycles. The van der Waals surface area contributed by atoms with Gasteiger partial charge in [0.2, 0.25) is 0 Å². The summed E-state index contributed by atoms with van der Waals surface area (Å²) in [6, 6.07) is 3.48. The lowest BCUT2D eigenvalue weighted by atomic mass is 10.2. The van der Waals surface area contributed by atoms with Crippen molar-refractivity contribution in [2.75, 3.05) is 0 Å². The minimum atomic E-state index is -0.271. The minimum Gasteiger partial charge on any atom is -0.318 e. The van der Waals surface area contributed by atoms with Crippen molar-refractivity contribution in [2.24, 2.45) is 5.73 Å². The van der Waals surface area contributed by atoms with Crippen LogP contribution in [-0.4, -0.2) is 9.78 Å². The molecular weight excluding hydrogens is 265 g/mol. The van der Waals surface area contributed by atoms with E-state index in [-0.39, 0.29) is 6.04 Å². The van der Waals surface area contributed by atoms with Crippen LogP contribution >= 0.6 is 34.5 Å². The summed E-state index contributed by atoms with van der Waals surface area (Å²) >= 11 is 13.4. The number of hydrogen-bond acceptors (Lipinski definition) is 3. The van der Waals surface area contributed by atoms with E-state index in [9.17, 15) is 0 Å². The van der Waals surface area contributed by atoms with Gasteiger partial charge in [0, 0.05) is 11.4 Å². The molecule has 0 bridgehead atoms. The van der Waals surface area contributed by atoms with Crippen LogP contribution in [0, 0.1) is 0 Å². The summed E-state index contributed by atoms with van der Waals surface area (Å²) in [5.41, 5.74) is 6.99. The molecule has 1 unspecified atom stereocenters. The van der Waals surface area contributed by atoms with Crippen LogP contribution in [0.25, 0.3) is 0 Å². The molecule has 3 nitrogen and oxygen atoms in total. The largest absolute Gasteiger partial charge is 0.318 e. The van der Waals surface area contributed by atoms with E-state index in [1.165, 1.54) is 11.3 Å². The Morgan fingerprint density at radius 2 is 2.25 bits per heavy atom. The highest BCUT2D eigenvalue weighted by Crippen LogP contribution is 2.32. The van der Waals surface area contributed by atoms with Crippen LogP contribution in [-0.2, 0) is 6.54 Å². The molecule has 0 aliphatic heterocycles. The first-order valence-corrected chi connectivity index (χ1v) is 6.42. The summed E-state index contributed by atoms with van der Waals surface area (Å²) in [6.45, 7) is 2.75. The van der Waals surface area contributed by atoms with Crippen molar-refractivity contribution >= 4 is 34.5 Å². The second kappa shape index (κ2) is 4.75. The lowest BCUT2D eigenvalue weighted by Crippen LogP contribution is -2.16. The second-order valence-corrected chi connectivity index (χ2v) is 5.47. The van der Waals surface area contributed by atoms with Crippen molar-refractivity contribution in [3.63, 3.8) is 0 Å². The molecule has 0 radical (unpaired) electrons. The maximum atomic E-state index is 6.16. The highest BCUT2D eigenvalue weighted by Gasteiger charge is 2.19. The van der Waals surface area contributed by atoms with E-state index in [1.807, 2.05) is 19.1 Å². The zero-order valence-corrected chi connectivity index (χ0v) is 11.0. The van der Waals surface area contributed by atoms with Gasteiger partial charge in [-0.2, -0.15) is 5.10 Å². The number of halogens is 2. The van der Waals surface area contributed by atoms with Crippen LogP contribution in [0.4, 0.5) is 0 Å². The van der Waals surface area contributed by atoms with E-state index in [4.69, 9.17) is 28.9 Å². The van der Waals surface area contributed by atoms with E-state index in [1.54, 1.807) is 10.9 Å². The third kappa shape index (κ3) is 2.11. The third-order valence-corrected chi connectivity index (χ3v) is 3.93. The molecular formula is C10H11Cl2N3S. The lowest BCUT2D eigenvalue weighted by Gasteiger charge is -2.12. The Balaban J connectivity index is 2.40. The molecule has 16 heavy (non-hydrogen) atoms. The Morgan fingerprint density at radius 1 is 1.50 bits per heavy atom. The molecule has 0 spiro atoms. The Bertz CT molecular complexity index is 492. The van der Waals surface area contributed by atoms with Crippen molar-refractivity contribution in [1.82, 2.24) is 9.78 Å². The van der Waals surface area contributed by atoms with E-state index in [0.29, 0.717) is 5.02 Å². The van der Waals surface area contributed by atoms with Crippen LogP contribution in [0.1, 0.15) is 23.5 Å². The number of nitrogens with zero attached hydrogens (tertiary/aromatic N) is 2. The highest BCUT2D eigenvalue weighted by molar-refractivity contribution is 7.16. The monoisotopic (exact) mass is 275 g/mol. The van der Waals surface area contributed by atoms with Crippen molar-refractivity contribution in [3.05, 3.63) is 38.3 Å². The molecule has 2 N–H and O–H groups in total. The molecule has 6 heteroatoms. The fourth-order valence-corrected chi connectivity index (χ4v) is 2.89. The summed E-state index contributed by atoms with van der Waals surface area (Å²) in [6.07, 6.45) is 1.62. The lowest BCUT2D eigenvalue weighted by molar-refractivity contribution is 0.603. The molecule has 0 amide bonds. The SMILES string of the molecule is CCn1ncc(Cl)c1C(N)c1ccc(Cl)s1. The van der Waals surface area contributed by atoms with Gasteiger partial charge in [-0.1, -0.05) is 23.2 Å². The summed E-state index contributed by atoms with van der Waals surface area (Å²) in [7, 11) is 0. The predicted octanol–water partition coefficient (Wildman–Crippen LogP) is 3.32. The predicted molar refractivity (Wildman–Crippen MR) is 68.3 cm³/mol. The molecule has 0 aliphatic rings. The Morgan fingerprint density at radius 3 is 2.81 bits per heavy atom. The third-order valence-electron chi connectivity index (χ3n) is 2.33. The van der Waals surface area contributed by atoms with Crippen molar-refractivity contribution in [1.29, 1.82) is 0 Å². The Hall–Kier alpha value is -0.550. The fourth-order valence-electron chi connectivity index (χ4n) is 1.56. The maximum Gasteiger partial charge on any atom is 0.0931 e. The van der Waals surface area contributed by atoms with Crippen LogP contribution in [0.15, 0.2) is 18.3 Å². The zero-order valence-electron chi connectivity index (χ0n) is 8.65. The summed E-state index contributed by atoms with van der Waals surface area (Å²) < 4.78 is 2.53. The average molecular weight is 276 g/mol. The van der Waals surface area contributed by atoms with Gasteiger partial charge in [-0.25, -0.2) is 0 Å². The van der Waals surface area contributed by atoms with Crippen LogP contribution in [0.5, 0.6) is 0 Å². The molecule has 0 fully saturated rings. The number of thiophene rings is 1. The molecule has 2 aromatic rings. The van der Waals surface area contributed by atoms with Gasteiger partial charge in [0.25, 0.3) is 0 Å². The summed E-state index contributed by atoms with van der Waals surface area (Å²) in [5.74, 6) is 0. The van der Waals surface area contributed by atoms with Crippen LogP contribution < -0.4 is 5.73 Å². The Labute approximate surface area is 108 Å². The quantitative estimate of drug-likeness (QED) is 0.934. The van der Waals surface area contributed by atoms with E-state index >= 15 is 0 Å². The number of aryl methyl sites for hydroxylation is 1.